The molecule has 0 aliphatic heterocycles. The highest BCUT2D eigenvalue weighted by molar-refractivity contribution is 5.71. The van der Waals surface area contributed by atoms with Crippen molar-refractivity contribution >= 4 is 17.9 Å². The number of carbonyl (C=O) groups is 3. The van der Waals surface area contributed by atoms with Crippen LogP contribution in [0, 0.1) is 0 Å². The van der Waals surface area contributed by atoms with Gasteiger partial charge in [-0.3, -0.25) is 14.4 Å². The van der Waals surface area contributed by atoms with Crippen LogP contribution in [0.2, 0.25) is 0 Å². The molecule has 78 heavy (non-hydrogen) atoms. The summed E-state index contributed by atoms with van der Waals surface area (Å²) in [6.07, 6.45) is 88.6. The fraction of sp³-hybridized carbons (Fsp3) is 0.736. The second kappa shape index (κ2) is 65.8. The molecule has 6 nitrogen and oxygen atoms in total. The zero-order chi connectivity index (χ0) is 56.4. The molecule has 0 amide bonds. The van der Waals surface area contributed by atoms with Crippen molar-refractivity contribution in [2.24, 2.45) is 0 Å². The lowest BCUT2D eigenvalue weighted by Crippen LogP contribution is -2.30. The number of allylic oxidation sites excluding steroid dienone is 16. The van der Waals surface area contributed by atoms with Crippen molar-refractivity contribution in [2.45, 2.75) is 329 Å². The van der Waals surface area contributed by atoms with E-state index in [1.165, 1.54) is 161 Å². The molecule has 0 aromatic rings. The van der Waals surface area contributed by atoms with Gasteiger partial charge in [0.2, 0.25) is 0 Å². The minimum absolute atomic E-state index is 0.0828. The van der Waals surface area contributed by atoms with Gasteiger partial charge in [-0.1, -0.05) is 285 Å². The van der Waals surface area contributed by atoms with E-state index in [0.29, 0.717) is 19.3 Å². The van der Waals surface area contributed by atoms with E-state index in [9.17, 15) is 14.4 Å². The maximum atomic E-state index is 12.9. The van der Waals surface area contributed by atoms with Crippen LogP contribution in [0.25, 0.3) is 0 Å². The molecule has 0 N–H and O–H groups in total. The third-order valence-corrected chi connectivity index (χ3v) is 14.3. The molecule has 0 bridgehead atoms. The lowest BCUT2D eigenvalue weighted by atomic mass is 10.0. The molecule has 0 spiro atoms. The summed E-state index contributed by atoms with van der Waals surface area (Å²) in [5.74, 6) is -0.895. The van der Waals surface area contributed by atoms with Gasteiger partial charge in [0.05, 0.1) is 0 Å². The first kappa shape index (κ1) is 74.3. The summed E-state index contributed by atoms with van der Waals surface area (Å²) in [6.45, 7) is 6.48. The molecule has 0 heterocycles. The lowest BCUT2D eigenvalue weighted by molar-refractivity contribution is -0.167. The van der Waals surface area contributed by atoms with Crippen molar-refractivity contribution in [3.8, 4) is 0 Å². The Kier molecular flexibility index (Phi) is 62.7. The molecule has 0 aromatic heterocycles. The van der Waals surface area contributed by atoms with Crippen molar-refractivity contribution < 1.29 is 28.6 Å². The molecule has 0 saturated heterocycles. The summed E-state index contributed by atoms with van der Waals surface area (Å²) in [4.78, 5) is 38.2. The van der Waals surface area contributed by atoms with Crippen molar-refractivity contribution in [1.29, 1.82) is 0 Å². The third kappa shape index (κ3) is 63.2. The summed E-state index contributed by atoms with van der Waals surface area (Å²) in [6, 6.07) is 0. The largest absolute Gasteiger partial charge is 0.462 e. The summed E-state index contributed by atoms with van der Waals surface area (Å²) < 4.78 is 16.9. The maximum absolute atomic E-state index is 12.9. The minimum atomic E-state index is -0.787. The highest BCUT2D eigenvalue weighted by Gasteiger charge is 2.19. The number of carbonyl (C=O) groups excluding carboxylic acids is 3. The van der Waals surface area contributed by atoms with Gasteiger partial charge in [-0.25, -0.2) is 0 Å². The topological polar surface area (TPSA) is 78.9 Å². The Morgan fingerprint density at radius 3 is 0.833 bits per heavy atom. The van der Waals surface area contributed by atoms with E-state index >= 15 is 0 Å². The van der Waals surface area contributed by atoms with Gasteiger partial charge in [-0.2, -0.15) is 0 Å². The van der Waals surface area contributed by atoms with Crippen molar-refractivity contribution in [3.63, 3.8) is 0 Å². The first-order valence-corrected chi connectivity index (χ1v) is 33.2. The van der Waals surface area contributed by atoms with Gasteiger partial charge in [-0.15, -0.1) is 0 Å². The molecule has 0 aromatic carbocycles. The smallest absolute Gasteiger partial charge is 0.306 e. The van der Waals surface area contributed by atoms with Crippen LogP contribution in [-0.2, 0) is 28.6 Å². The molecule has 1 unspecified atom stereocenters. The molecule has 0 saturated carbocycles. The van der Waals surface area contributed by atoms with Gasteiger partial charge in [0.25, 0.3) is 0 Å². The van der Waals surface area contributed by atoms with Crippen LogP contribution in [-0.4, -0.2) is 37.2 Å². The Hall–Kier alpha value is -3.67. The zero-order valence-corrected chi connectivity index (χ0v) is 51.4. The Labute approximate surface area is 483 Å². The molecule has 0 rings (SSSR count). The lowest BCUT2D eigenvalue weighted by Gasteiger charge is -2.18. The average Bonchev–Trinajstić information content (AvgIpc) is 3.44. The van der Waals surface area contributed by atoms with Gasteiger partial charge in [0.1, 0.15) is 13.2 Å². The van der Waals surface area contributed by atoms with Crippen LogP contribution in [0.15, 0.2) is 97.2 Å². The minimum Gasteiger partial charge on any atom is -0.462 e. The van der Waals surface area contributed by atoms with Crippen LogP contribution in [0.5, 0.6) is 0 Å². The molecular formula is C72H124O6. The molecule has 448 valence electrons. The number of ether oxygens (including phenoxy) is 3. The second-order valence-corrected chi connectivity index (χ2v) is 22.0. The van der Waals surface area contributed by atoms with Crippen LogP contribution >= 0.6 is 0 Å². The fourth-order valence-electron chi connectivity index (χ4n) is 9.31. The summed E-state index contributed by atoms with van der Waals surface area (Å²) >= 11 is 0. The van der Waals surface area contributed by atoms with E-state index in [4.69, 9.17) is 14.2 Å². The van der Waals surface area contributed by atoms with Crippen molar-refractivity contribution in [2.75, 3.05) is 13.2 Å². The molecule has 6 heteroatoms. The highest BCUT2D eigenvalue weighted by atomic mass is 16.6. The molecule has 0 aliphatic rings. The van der Waals surface area contributed by atoms with Gasteiger partial charge in [0.15, 0.2) is 6.10 Å². The van der Waals surface area contributed by atoms with Gasteiger partial charge >= 0.3 is 17.9 Å². The summed E-state index contributed by atoms with van der Waals surface area (Å²) in [7, 11) is 0. The molecule has 1 atom stereocenters. The van der Waals surface area contributed by atoms with E-state index in [1.54, 1.807) is 0 Å². The zero-order valence-electron chi connectivity index (χ0n) is 51.4. The Morgan fingerprint density at radius 1 is 0.269 bits per heavy atom. The normalized spacial score (nSPS) is 12.7. The van der Waals surface area contributed by atoms with Crippen molar-refractivity contribution in [1.82, 2.24) is 0 Å². The molecular weight excluding hydrogens is 961 g/mol. The molecule has 0 fully saturated rings. The quantitative estimate of drug-likeness (QED) is 0.0261. The second-order valence-electron chi connectivity index (χ2n) is 22.0. The number of hydrogen-bond donors (Lipinski definition) is 0. The van der Waals surface area contributed by atoms with E-state index < -0.39 is 6.10 Å². The maximum Gasteiger partial charge on any atom is 0.306 e. The van der Waals surface area contributed by atoms with Gasteiger partial charge in [-0.05, 0) is 116 Å². The average molecular weight is 1090 g/mol. The van der Waals surface area contributed by atoms with Crippen molar-refractivity contribution in [3.05, 3.63) is 97.2 Å². The highest BCUT2D eigenvalue weighted by Crippen LogP contribution is 2.17. The number of hydrogen-bond acceptors (Lipinski definition) is 6. The summed E-state index contributed by atoms with van der Waals surface area (Å²) in [5.41, 5.74) is 0. The predicted molar refractivity (Wildman–Crippen MR) is 339 cm³/mol. The Bertz CT molecular complexity index is 1530. The fourth-order valence-corrected chi connectivity index (χ4v) is 9.31. The van der Waals surface area contributed by atoms with Gasteiger partial charge in [0, 0.05) is 19.3 Å². The predicted octanol–water partition coefficient (Wildman–Crippen LogP) is 22.8. The molecule has 0 aliphatic carbocycles. The standard InChI is InChI=1S/C72H124O6/c1-4-7-10-13-16-19-22-25-27-28-29-30-31-32-33-34-35-36-37-38-39-40-41-42-43-44-45-48-50-53-56-59-62-65-71(74)77-68-69(67-76-70(73)64-61-58-55-52-49-46-24-21-18-15-12-9-6-3)78-72(75)66-63-60-57-54-51-47-26-23-20-17-14-11-8-5-2/h7,10,14,16-17,19,21,23-27,29-30,32-33,69H,4-6,8-9,11-13,15,18,20,22,28,31,34-68H2,1-3H3/b10-7-,17-14-,19-16-,24-21-,26-23-,27-25-,30-29-,33-32-. The number of unbranched alkanes of at least 4 members (excludes halogenated alkanes) is 33. The Balaban J connectivity index is 4.15. The van der Waals surface area contributed by atoms with E-state index in [2.05, 4.69) is 118 Å². The van der Waals surface area contributed by atoms with Crippen LogP contribution < -0.4 is 0 Å². The van der Waals surface area contributed by atoms with Crippen LogP contribution in [0.1, 0.15) is 323 Å². The van der Waals surface area contributed by atoms with E-state index in [0.717, 1.165) is 122 Å². The monoisotopic (exact) mass is 1080 g/mol. The van der Waals surface area contributed by atoms with Gasteiger partial charge < -0.3 is 14.2 Å². The Morgan fingerprint density at radius 2 is 0.513 bits per heavy atom. The number of esters is 3. The number of rotatable bonds is 60. The molecule has 0 radical (unpaired) electrons. The van der Waals surface area contributed by atoms with E-state index in [1.807, 2.05) is 0 Å². The first-order valence-electron chi connectivity index (χ1n) is 33.2. The first-order chi connectivity index (χ1) is 38.5. The SMILES string of the molecule is CC/C=C\C/C=C\C/C=C\C/C=C\C/C=C\CCCCCCCCCCCCCCCCCCCC(=O)OCC(COC(=O)CCCCCCC/C=C\CCCCCC)OC(=O)CCCCCCC/C=C\C/C=C\CCCC. The van der Waals surface area contributed by atoms with Crippen LogP contribution in [0.4, 0.5) is 0 Å². The summed E-state index contributed by atoms with van der Waals surface area (Å²) in [5, 5.41) is 0. The van der Waals surface area contributed by atoms with Crippen LogP contribution in [0.3, 0.4) is 0 Å². The van der Waals surface area contributed by atoms with E-state index in [-0.39, 0.29) is 31.1 Å². The third-order valence-electron chi connectivity index (χ3n) is 14.3.